The molecule has 3 aromatic rings. The van der Waals surface area contributed by atoms with E-state index in [0.717, 1.165) is 22.4 Å². The van der Waals surface area contributed by atoms with E-state index in [4.69, 9.17) is 9.47 Å². The third-order valence-electron chi connectivity index (χ3n) is 6.74. The van der Waals surface area contributed by atoms with Crippen LogP contribution in [0.25, 0.3) is 0 Å². The van der Waals surface area contributed by atoms with Gasteiger partial charge in [0.2, 0.25) is 11.8 Å². The number of carbonyl (C=O) groups is 3. The van der Waals surface area contributed by atoms with Crippen LogP contribution in [0, 0.1) is 6.92 Å². The van der Waals surface area contributed by atoms with Gasteiger partial charge in [-0.2, -0.15) is 0 Å². The first kappa shape index (κ1) is 26.9. The number of esters is 1. The first-order valence-corrected chi connectivity index (χ1v) is 13.0. The molecule has 4 rings (SSSR count). The highest BCUT2D eigenvalue weighted by Crippen LogP contribution is 2.34. The number of likely N-dealkylation sites (tertiary alicyclic amines) is 1. The zero-order valence-corrected chi connectivity index (χ0v) is 21.7. The molecular weight excluding hydrogens is 480 g/mol. The van der Waals surface area contributed by atoms with Crippen molar-refractivity contribution < 1.29 is 23.9 Å². The summed E-state index contributed by atoms with van der Waals surface area (Å²) in [5.74, 6) is -0.182. The number of hydrogen-bond donors (Lipinski definition) is 1. The number of nitrogens with one attached hydrogen (secondary N) is 1. The standard InChI is InChI=1S/C31H34N2O5/c1-23-11-8-9-16-27(23)25-19-28(31(36)38-22-24-12-4-2-5-13-24)33(21-25)30(35)20-32-29(34)17-10-18-37-26-14-6-3-7-15-26/h2-9,11-16,25,28H,10,17-22H2,1H3,(H,32,34)/t25-,28-/m0/s1. The highest BCUT2D eigenvalue weighted by Gasteiger charge is 2.41. The highest BCUT2D eigenvalue weighted by atomic mass is 16.5. The molecule has 38 heavy (non-hydrogen) atoms. The first-order valence-electron chi connectivity index (χ1n) is 13.0. The van der Waals surface area contributed by atoms with Crippen molar-refractivity contribution in [2.45, 2.75) is 44.8 Å². The minimum Gasteiger partial charge on any atom is -0.494 e. The van der Waals surface area contributed by atoms with Crippen molar-refractivity contribution in [2.75, 3.05) is 19.7 Å². The van der Waals surface area contributed by atoms with Crippen LogP contribution < -0.4 is 10.1 Å². The maximum Gasteiger partial charge on any atom is 0.329 e. The molecule has 0 aliphatic carbocycles. The fraction of sp³-hybridized carbons (Fsp3) is 0.323. The summed E-state index contributed by atoms with van der Waals surface area (Å²) in [5.41, 5.74) is 3.12. The van der Waals surface area contributed by atoms with Crippen LogP contribution in [0.3, 0.4) is 0 Å². The predicted molar refractivity (Wildman–Crippen MR) is 144 cm³/mol. The number of benzene rings is 3. The Labute approximate surface area is 223 Å². The van der Waals surface area contributed by atoms with Crippen LogP contribution in [-0.4, -0.2) is 48.4 Å². The Hall–Kier alpha value is -4.13. The molecule has 198 valence electrons. The molecule has 7 nitrogen and oxygen atoms in total. The zero-order chi connectivity index (χ0) is 26.7. The number of hydrogen-bond acceptors (Lipinski definition) is 5. The van der Waals surface area contributed by atoms with E-state index in [9.17, 15) is 14.4 Å². The Bertz CT molecular complexity index is 1220. The van der Waals surface area contributed by atoms with Crippen LogP contribution in [0.5, 0.6) is 5.75 Å². The zero-order valence-electron chi connectivity index (χ0n) is 21.7. The summed E-state index contributed by atoms with van der Waals surface area (Å²) in [5, 5.41) is 2.70. The number of para-hydroxylation sites is 1. The van der Waals surface area contributed by atoms with E-state index >= 15 is 0 Å². The van der Waals surface area contributed by atoms with Crippen molar-refractivity contribution in [1.29, 1.82) is 0 Å². The Kier molecular flexibility index (Phi) is 9.51. The number of carbonyl (C=O) groups excluding carboxylic acids is 3. The van der Waals surface area contributed by atoms with Gasteiger partial charge in [-0.05, 0) is 48.6 Å². The average molecular weight is 515 g/mol. The van der Waals surface area contributed by atoms with Crippen LogP contribution in [-0.2, 0) is 25.7 Å². The summed E-state index contributed by atoms with van der Waals surface area (Å²) in [6.07, 6.45) is 1.26. The van der Waals surface area contributed by atoms with Gasteiger partial charge in [0.25, 0.3) is 0 Å². The number of ether oxygens (including phenoxy) is 2. The smallest absolute Gasteiger partial charge is 0.329 e. The van der Waals surface area contributed by atoms with Gasteiger partial charge in [0.15, 0.2) is 0 Å². The van der Waals surface area contributed by atoms with E-state index in [1.807, 2.05) is 91.9 Å². The fourth-order valence-corrected chi connectivity index (χ4v) is 4.73. The summed E-state index contributed by atoms with van der Waals surface area (Å²) in [4.78, 5) is 40.2. The van der Waals surface area contributed by atoms with E-state index in [1.54, 1.807) is 4.90 Å². The van der Waals surface area contributed by atoms with Crippen molar-refractivity contribution in [1.82, 2.24) is 10.2 Å². The summed E-state index contributed by atoms with van der Waals surface area (Å²) < 4.78 is 11.2. The molecule has 3 aromatic carbocycles. The van der Waals surface area contributed by atoms with Gasteiger partial charge in [0, 0.05) is 18.9 Å². The Balaban J connectivity index is 1.32. The van der Waals surface area contributed by atoms with Gasteiger partial charge in [-0.3, -0.25) is 9.59 Å². The van der Waals surface area contributed by atoms with Crippen LogP contribution in [0.15, 0.2) is 84.9 Å². The number of aryl methyl sites for hydroxylation is 1. The second-order valence-corrected chi connectivity index (χ2v) is 9.49. The lowest BCUT2D eigenvalue weighted by Crippen LogP contribution is -2.46. The number of nitrogens with zero attached hydrogens (tertiary/aromatic N) is 1. The number of amides is 2. The molecule has 0 spiro atoms. The van der Waals surface area contributed by atoms with E-state index in [-0.39, 0.29) is 37.3 Å². The lowest BCUT2D eigenvalue weighted by atomic mass is 9.93. The Morgan fingerprint density at radius 1 is 0.921 bits per heavy atom. The van der Waals surface area contributed by atoms with Crippen LogP contribution >= 0.6 is 0 Å². The normalized spacial score (nSPS) is 16.6. The minimum absolute atomic E-state index is 0.0141. The van der Waals surface area contributed by atoms with Crippen molar-refractivity contribution >= 4 is 17.8 Å². The maximum atomic E-state index is 13.2. The van der Waals surface area contributed by atoms with Gasteiger partial charge in [-0.25, -0.2) is 4.79 Å². The molecule has 2 atom stereocenters. The maximum absolute atomic E-state index is 13.2. The molecule has 1 heterocycles. The van der Waals surface area contributed by atoms with E-state index in [0.29, 0.717) is 26.0 Å². The number of rotatable bonds is 11. The van der Waals surface area contributed by atoms with E-state index in [1.165, 1.54) is 0 Å². The molecule has 7 heteroatoms. The molecule has 1 N–H and O–H groups in total. The minimum atomic E-state index is -0.702. The fourth-order valence-electron chi connectivity index (χ4n) is 4.73. The molecule has 0 bridgehead atoms. The lowest BCUT2D eigenvalue weighted by molar-refractivity contribution is -0.154. The van der Waals surface area contributed by atoms with Crippen molar-refractivity contribution in [3.63, 3.8) is 0 Å². The van der Waals surface area contributed by atoms with Gasteiger partial charge in [0.05, 0.1) is 13.2 Å². The molecule has 1 fully saturated rings. The largest absolute Gasteiger partial charge is 0.494 e. The lowest BCUT2D eigenvalue weighted by Gasteiger charge is -2.23. The summed E-state index contributed by atoms with van der Waals surface area (Å²) in [7, 11) is 0. The van der Waals surface area contributed by atoms with Crippen molar-refractivity contribution in [2.24, 2.45) is 0 Å². The predicted octanol–water partition coefficient (Wildman–Crippen LogP) is 4.40. The van der Waals surface area contributed by atoms with Gasteiger partial charge >= 0.3 is 5.97 Å². The quantitative estimate of drug-likeness (QED) is 0.303. The first-order chi connectivity index (χ1) is 18.5. The third kappa shape index (κ3) is 7.44. The van der Waals surface area contributed by atoms with Crippen LogP contribution in [0.4, 0.5) is 0 Å². The van der Waals surface area contributed by atoms with Crippen molar-refractivity contribution in [3.8, 4) is 5.75 Å². The molecule has 0 aromatic heterocycles. The molecule has 0 unspecified atom stereocenters. The Morgan fingerprint density at radius 3 is 2.34 bits per heavy atom. The molecule has 1 saturated heterocycles. The molecule has 0 radical (unpaired) electrons. The third-order valence-corrected chi connectivity index (χ3v) is 6.74. The van der Waals surface area contributed by atoms with Crippen LogP contribution in [0.2, 0.25) is 0 Å². The average Bonchev–Trinajstić information content (AvgIpc) is 3.40. The summed E-state index contributed by atoms with van der Waals surface area (Å²) in [6.45, 7) is 2.82. The second-order valence-electron chi connectivity index (χ2n) is 9.49. The van der Waals surface area contributed by atoms with E-state index < -0.39 is 12.0 Å². The SMILES string of the molecule is Cc1ccccc1[C@H]1C[C@@H](C(=O)OCc2ccccc2)N(C(=O)CNC(=O)CCCOc2ccccc2)C1. The highest BCUT2D eigenvalue weighted by molar-refractivity contribution is 5.89. The monoisotopic (exact) mass is 514 g/mol. The molecule has 1 aliphatic heterocycles. The molecule has 1 aliphatic rings. The van der Waals surface area contributed by atoms with Crippen molar-refractivity contribution in [3.05, 3.63) is 102 Å². The van der Waals surface area contributed by atoms with Gasteiger partial charge in [-0.1, -0.05) is 72.8 Å². The molecule has 2 amide bonds. The second kappa shape index (κ2) is 13.4. The van der Waals surface area contributed by atoms with Gasteiger partial charge in [-0.15, -0.1) is 0 Å². The molecular formula is C31H34N2O5. The van der Waals surface area contributed by atoms with Gasteiger partial charge in [0.1, 0.15) is 18.4 Å². The van der Waals surface area contributed by atoms with E-state index in [2.05, 4.69) is 5.32 Å². The summed E-state index contributed by atoms with van der Waals surface area (Å²) in [6, 6.07) is 26.2. The van der Waals surface area contributed by atoms with Crippen LogP contribution in [0.1, 0.15) is 41.9 Å². The topological polar surface area (TPSA) is 84.9 Å². The molecule has 0 saturated carbocycles. The van der Waals surface area contributed by atoms with Gasteiger partial charge < -0.3 is 19.7 Å². The Morgan fingerprint density at radius 2 is 1.61 bits per heavy atom. The summed E-state index contributed by atoms with van der Waals surface area (Å²) >= 11 is 0.